The lowest BCUT2D eigenvalue weighted by Gasteiger charge is -2.07. The predicted molar refractivity (Wildman–Crippen MR) is 99.4 cm³/mol. The minimum Gasteiger partial charge on any atom is -0.451 e. The molecule has 0 saturated heterocycles. The lowest BCUT2D eigenvalue weighted by Crippen LogP contribution is -2.41. The van der Waals surface area contributed by atoms with E-state index in [1.807, 2.05) is 29.0 Å². The molecule has 0 fully saturated rings. The Morgan fingerprint density at radius 2 is 1.74 bits per heavy atom. The number of carbonyl (C=O) groups excluding carboxylic acids is 2. The van der Waals surface area contributed by atoms with E-state index in [0.717, 1.165) is 16.6 Å². The summed E-state index contributed by atoms with van der Waals surface area (Å²) in [6, 6.07) is 14.3. The van der Waals surface area contributed by atoms with Gasteiger partial charge in [-0.1, -0.05) is 18.2 Å². The number of fused-ring (bicyclic) bond motifs is 1. The highest BCUT2D eigenvalue weighted by Gasteiger charge is 2.18. The number of hydrazine groups is 1. The second-order valence-corrected chi connectivity index (χ2v) is 5.98. The van der Waals surface area contributed by atoms with Crippen LogP contribution in [0.15, 0.2) is 71.7 Å². The van der Waals surface area contributed by atoms with Crippen LogP contribution in [0, 0.1) is 6.92 Å². The van der Waals surface area contributed by atoms with Crippen molar-refractivity contribution in [3.8, 4) is 5.69 Å². The molecule has 0 unspecified atom stereocenters. The third-order valence-corrected chi connectivity index (χ3v) is 4.27. The maximum Gasteiger partial charge on any atom is 0.305 e. The van der Waals surface area contributed by atoms with Crippen LogP contribution in [-0.4, -0.2) is 21.4 Å². The Kier molecular flexibility index (Phi) is 4.18. The van der Waals surface area contributed by atoms with Crippen molar-refractivity contribution in [2.45, 2.75) is 6.92 Å². The van der Waals surface area contributed by atoms with Crippen LogP contribution in [0.3, 0.4) is 0 Å². The van der Waals surface area contributed by atoms with E-state index >= 15 is 0 Å². The lowest BCUT2D eigenvalue weighted by atomic mass is 10.1. The molecule has 7 nitrogen and oxygen atoms in total. The van der Waals surface area contributed by atoms with Gasteiger partial charge in [0.1, 0.15) is 5.58 Å². The Morgan fingerprint density at radius 1 is 1.00 bits per heavy atom. The number of furan rings is 1. The molecule has 0 aliphatic heterocycles. The Labute approximate surface area is 154 Å². The van der Waals surface area contributed by atoms with Gasteiger partial charge in [-0.25, -0.2) is 4.98 Å². The van der Waals surface area contributed by atoms with Crippen molar-refractivity contribution in [1.29, 1.82) is 0 Å². The number of hydrogen-bond acceptors (Lipinski definition) is 4. The van der Waals surface area contributed by atoms with Crippen molar-refractivity contribution < 1.29 is 14.0 Å². The Balaban J connectivity index is 1.44. The zero-order valence-corrected chi connectivity index (χ0v) is 14.5. The van der Waals surface area contributed by atoms with Gasteiger partial charge in [-0.05, 0) is 37.3 Å². The van der Waals surface area contributed by atoms with Gasteiger partial charge in [0, 0.05) is 34.6 Å². The molecule has 7 heteroatoms. The first-order valence-corrected chi connectivity index (χ1v) is 8.30. The van der Waals surface area contributed by atoms with E-state index in [1.165, 1.54) is 0 Å². The summed E-state index contributed by atoms with van der Waals surface area (Å²) >= 11 is 0. The standard InChI is InChI=1S/C20H16N4O3/c1-13-16-4-2-3-5-17(16)27-18(13)20(26)23-22-19(25)14-6-8-15(9-7-14)24-11-10-21-12-24/h2-12H,1H3,(H,22,25)(H,23,26). The second-order valence-electron chi connectivity index (χ2n) is 5.98. The van der Waals surface area contributed by atoms with Crippen molar-refractivity contribution >= 4 is 22.8 Å². The van der Waals surface area contributed by atoms with Gasteiger partial charge < -0.3 is 8.98 Å². The average molecular weight is 360 g/mol. The third-order valence-electron chi connectivity index (χ3n) is 4.27. The summed E-state index contributed by atoms with van der Waals surface area (Å²) in [6.45, 7) is 1.80. The van der Waals surface area contributed by atoms with Gasteiger partial charge in [-0.15, -0.1) is 0 Å². The topological polar surface area (TPSA) is 89.2 Å². The van der Waals surface area contributed by atoms with E-state index < -0.39 is 11.8 Å². The molecule has 2 aromatic heterocycles. The summed E-state index contributed by atoms with van der Waals surface area (Å²) in [5, 5.41) is 0.865. The molecule has 4 aromatic rings. The van der Waals surface area contributed by atoms with Crippen LogP contribution in [0.1, 0.15) is 26.5 Å². The maximum absolute atomic E-state index is 12.4. The first kappa shape index (κ1) is 16.6. The minimum atomic E-state index is -0.507. The van der Waals surface area contributed by atoms with Gasteiger partial charge in [-0.2, -0.15) is 0 Å². The lowest BCUT2D eigenvalue weighted by molar-refractivity contribution is 0.0831. The number of amides is 2. The number of nitrogens with one attached hydrogen (secondary N) is 2. The van der Waals surface area contributed by atoms with E-state index in [-0.39, 0.29) is 5.76 Å². The smallest absolute Gasteiger partial charge is 0.305 e. The predicted octanol–water partition coefficient (Wildman–Crippen LogP) is 3.00. The Morgan fingerprint density at radius 3 is 2.44 bits per heavy atom. The van der Waals surface area contributed by atoms with Crippen molar-refractivity contribution in [2.75, 3.05) is 0 Å². The van der Waals surface area contributed by atoms with E-state index in [2.05, 4.69) is 15.8 Å². The van der Waals surface area contributed by atoms with E-state index in [0.29, 0.717) is 11.1 Å². The van der Waals surface area contributed by atoms with Crippen molar-refractivity contribution in [3.05, 3.63) is 84.1 Å². The number of benzene rings is 2. The molecule has 0 bridgehead atoms. The summed E-state index contributed by atoms with van der Waals surface area (Å²) in [5.74, 6) is -0.756. The number of para-hydroxylation sites is 1. The van der Waals surface area contributed by atoms with E-state index in [1.54, 1.807) is 49.8 Å². The fourth-order valence-corrected chi connectivity index (χ4v) is 2.83. The Bertz CT molecular complexity index is 1110. The molecule has 27 heavy (non-hydrogen) atoms. The highest BCUT2D eigenvalue weighted by molar-refractivity contribution is 6.01. The minimum absolute atomic E-state index is 0.173. The zero-order chi connectivity index (χ0) is 18.8. The third kappa shape index (κ3) is 3.18. The van der Waals surface area contributed by atoms with Crippen LogP contribution in [0.4, 0.5) is 0 Å². The molecule has 0 spiro atoms. The highest BCUT2D eigenvalue weighted by Crippen LogP contribution is 2.24. The summed E-state index contributed by atoms with van der Waals surface area (Å²) in [7, 11) is 0. The van der Waals surface area contributed by atoms with Crippen LogP contribution >= 0.6 is 0 Å². The Hall–Kier alpha value is -3.87. The van der Waals surface area contributed by atoms with Gasteiger partial charge in [0.25, 0.3) is 5.91 Å². The van der Waals surface area contributed by atoms with Gasteiger partial charge in [0.2, 0.25) is 0 Å². The quantitative estimate of drug-likeness (QED) is 0.550. The molecule has 0 radical (unpaired) electrons. The molecule has 0 saturated carbocycles. The van der Waals surface area contributed by atoms with Crippen LogP contribution in [0.5, 0.6) is 0 Å². The van der Waals surface area contributed by atoms with Gasteiger partial charge in [0.15, 0.2) is 5.76 Å². The molecule has 2 heterocycles. The van der Waals surface area contributed by atoms with Crippen molar-refractivity contribution in [1.82, 2.24) is 20.4 Å². The van der Waals surface area contributed by atoms with Crippen molar-refractivity contribution in [3.63, 3.8) is 0 Å². The van der Waals surface area contributed by atoms with Crippen LogP contribution in [0.2, 0.25) is 0 Å². The average Bonchev–Trinajstić information content (AvgIpc) is 3.35. The number of hydrogen-bond donors (Lipinski definition) is 2. The maximum atomic E-state index is 12.4. The number of rotatable bonds is 3. The summed E-state index contributed by atoms with van der Waals surface area (Å²) < 4.78 is 7.41. The fourth-order valence-electron chi connectivity index (χ4n) is 2.83. The van der Waals surface area contributed by atoms with Gasteiger partial charge >= 0.3 is 5.91 Å². The molecule has 0 aliphatic carbocycles. The number of carbonyl (C=O) groups is 2. The monoisotopic (exact) mass is 360 g/mol. The molecule has 4 rings (SSSR count). The van der Waals surface area contributed by atoms with Crippen molar-refractivity contribution in [2.24, 2.45) is 0 Å². The molecule has 2 aromatic carbocycles. The van der Waals surface area contributed by atoms with Crippen LogP contribution in [-0.2, 0) is 0 Å². The molecule has 0 atom stereocenters. The number of aromatic nitrogens is 2. The zero-order valence-electron chi connectivity index (χ0n) is 14.5. The fraction of sp³-hybridized carbons (Fsp3) is 0.0500. The second kappa shape index (κ2) is 6.80. The molecular weight excluding hydrogens is 344 g/mol. The van der Waals surface area contributed by atoms with Crippen LogP contribution < -0.4 is 10.9 Å². The molecular formula is C20H16N4O3. The summed E-state index contributed by atoms with van der Waals surface area (Å²) in [4.78, 5) is 28.6. The molecule has 134 valence electrons. The van der Waals surface area contributed by atoms with Gasteiger partial charge in [-0.3, -0.25) is 20.4 Å². The molecule has 2 amide bonds. The summed E-state index contributed by atoms with van der Waals surface area (Å²) in [5.41, 5.74) is 7.45. The SMILES string of the molecule is Cc1c(C(=O)NNC(=O)c2ccc(-n3ccnc3)cc2)oc2ccccc12. The number of nitrogens with zero attached hydrogens (tertiary/aromatic N) is 2. The first-order chi connectivity index (χ1) is 13.1. The number of imidazole rings is 1. The molecule has 2 N–H and O–H groups in total. The van der Waals surface area contributed by atoms with E-state index in [4.69, 9.17) is 4.42 Å². The largest absolute Gasteiger partial charge is 0.451 e. The normalized spacial score (nSPS) is 10.7. The highest BCUT2D eigenvalue weighted by atomic mass is 16.3. The van der Waals surface area contributed by atoms with E-state index in [9.17, 15) is 9.59 Å². The van der Waals surface area contributed by atoms with Crippen LogP contribution in [0.25, 0.3) is 16.7 Å². The summed E-state index contributed by atoms with van der Waals surface area (Å²) in [6.07, 6.45) is 5.16. The number of aryl methyl sites for hydroxylation is 1. The molecule has 0 aliphatic rings. The first-order valence-electron chi connectivity index (χ1n) is 8.30. The van der Waals surface area contributed by atoms with Gasteiger partial charge in [0.05, 0.1) is 6.33 Å².